The molecule has 0 bridgehead atoms. The van der Waals surface area contributed by atoms with Crippen LogP contribution in [0.1, 0.15) is 81.7 Å². The lowest BCUT2D eigenvalue weighted by molar-refractivity contribution is -0.112. The van der Waals surface area contributed by atoms with E-state index in [1.807, 2.05) is 36.4 Å². The number of nitrogens with zero attached hydrogens (tertiary/aromatic N) is 5. The van der Waals surface area contributed by atoms with Crippen molar-refractivity contribution in [3.05, 3.63) is 94.4 Å². The zero-order valence-corrected chi connectivity index (χ0v) is 30.4. The van der Waals surface area contributed by atoms with Gasteiger partial charge in [-0.15, -0.1) is 21.6 Å². The molecule has 3 aromatic carbocycles. The van der Waals surface area contributed by atoms with Crippen LogP contribution >= 0.6 is 22.7 Å². The maximum absolute atomic E-state index is 13.0. The molecule has 49 heavy (non-hydrogen) atoms. The highest BCUT2D eigenvalue weighted by Gasteiger charge is 2.34. The number of aryl methyl sites for hydroxylation is 1. The maximum Gasteiger partial charge on any atom is 0.266 e. The smallest absolute Gasteiger partial charge is 0.266 e. The molecule has 0 aliphatic carbocycles. The van der Waals surface area contributed by atoms with Crippen molar-refractivity contribution in [2.24, 2.45) is 10.2 Å². The van der Waals surface area contributed by atoms with Gasteiger partial charge in [0.15, 0.2) is 0 Å². The molecule has 0 fully saturated rings. The van der Waals surface area contributed by atoms with Gasteiger partial charge in [-0.05, 0) is 104 Å². The molecule has 9 heteroatoms. The van der Waals surface area contributed by atoms with Gasteiger partial charge in [-0.3, -0.25) is 4.79 Å². The fraction of sp³-hybridized carbons (Fsp3) is 0.325. The molecular weight excluding hydrogens is 645 g/mol. The van der Waals surface area contributed by atoms with E-state index in [1.165, 1.54) is 65.2 Å². The molecule has 1 amide bonds. The SMILES string of the molecule is CCCCCCc1ccc(-c2ccc(NC(=O)/C(C#N)=C/c3cc4sc(N=Nc5ccc6c(c5)C(C)CC(C)(C)N6C)nc4s3)cc2)cc1. The number of carbonyl (C=O) groups is 1. The van der Waals surface area contributed by atoms with Crippen LogP contribution in [-0.4, -0.2) is 23.5 Å². The van der Waals surface area contributed by atoms with E-state index >= 15 is 0 Å². The number of hydrogen-bond acceptors (Lipinski definition) is 8. The molecule has 1 atom stereocenters. The fourth-order valence-electron chi connectivity index (χ4n) is 6.44. The molecule has 0 saturated carbocycles. The summed E-state index contributed by atoms with van der Waals surface area (Å²) in [6.45, 7) is 9.06. The van der Waals surface area contributed by atoms with E-state index in [9.17, 15) is 10.1 Å². The number of amides is 1. The second-order valence-electron chi connectivity index (χ2n) is 13.4. The first kappa shape index (κ1) is 34.2. The summed E-state index contributed by atoms with van der Waals surface area (Å²) in [5.74, 6) is -0.0110. The van der Waals surface area contributed by atoms with Crippen molar-refractivity contribution in [1.82, 2.24) is 4.98 Å². The number of nitriles is 1. The number of rotatable bonds is 11. The van der Waals surface area contributed by atoms with Crippen molar-refractivity contribution in [1.29, 1.82) is 5.26 Å². The summed E-state index contributed by atoms with van der Waals surface area (Å²) in [7, 11) is 2.15. The van der Waals surface area contributed by atoms with Gasteiger partial charge in [-0.2, -0.15) is 5.26 Å². The molecule has 1 N–H and O–H groups in total. The lowest BCUT2D eigenvalue weighted by atomic mass is 9.80. The summed E-state index contributed by atoms with van der Waals surface area (Å²) < 4.78 is 0.936. The third-order valence-electron chi connectivity index (χ3n) is 9.37. The van der Waals surface area contributed by atoms with E-state index in [-0.39, 0.29) is 11.1 Å². The number of azo groups is 1. The molecule has 0 saturated heterocycles. The van der Waals surface area contributed by atoms with Crippen LogP contribution in [0.3, 0.4) is 0 Å². The van der Waals surface area contributed by atoms with Gasteiger partial charge in [0.05, 0.1) is 10.4 Å². The van der Waals surface area contributed by atoms with Gasteiger partial charge in [0, 0.05) is 28.8 Å². The minimum atomic E-state index is -0.448. The largest absolute Gasteiger partial charge is 0.369 e. The van der Waals surface area contributed by atoms with E-state index in [0.717, 1.165) is 44.1 Å². The highest BCUT2D eigenvalue weighted by Crippen LogP contribution is 2.44. The number of fused-ring (bicyclic) bond motifs is 2. The number of anilines is 2. The van der Waals surface area contributed by atoms with Crippen LogP contribution in [0.15, 0.2) is 88.6 Å². The first-order valence-electron chi connectivity index (χ1n) is 17.0. The van der Waals surface area contributed by atoms with Crippen LogP contribution in [0.4, 0.5) is 22.2 Å². The van der Waals surface area contributed by atoms with E-state index in [0.29, 0.717) is 16.7 Å². The minimum absolute atomic E-state index is 0.0306. The number of benzene rings is 3. The summed E-state index contributed by atoms with van der Waals surface area (Å²) in [4.78, 5) is 21.6. The molecule has 5 aromatic rings. The number of thiazole rings is 1. The van der Waals surface area contributed by atoms with Crippen molar-refractivity contribution in [3.8, 4) is 17.2 Å². The first-order chi connectivity index (χ1) is 23.6. The van der Waals surface area contributed by atoms with E-state index < -0.39 is 5.91 Å². The topological polar surface area (TPSA) is 93.7 Å². The number of thiophene rings is 1. The predicted molar refractivity (Wildman–Crippen MR) is 206 cm³/mol. The van der Waals surface area contributed by atoms with Gasteiger partial charge < -0.3 is 10.2 Å². The standard InChI is InChI=1S/C40H42N6OS2/c1-6-7-8-9-10-27-11-13-28(14-12-27)29-15-17-31(18-16-29)42-37(47)30(25-41)21-33-23-36-38(48-33)43-39(49-36)45-44-32-19-20-35-34(22-32)26(2)24-40(3,4)46(35)5/h11-23,26H,6-10,24H2,1-5H3,(H,42,47)/b30-21+,45-44?. The number of aromatic nitrogens is 1. The average molecular weight is 687 g/mol. The molecule has 0 spiro atoms. The molecule has 6 rings (SSSR count). The molecule has 3 heterocycles. The van der Waals surface area contributed by atoms with E-state index in [2.05, 4.69) is 103 Å². The summed E-state index contributed by atoms with van der Waals surface area (Å²) in [5, 5.41) is 22.1. The first-order valence-corrected chi connectivity index (χ1v) is 18.6. The zero-order chi connectivity index (χ0) is 34.5. The molecule has 0 radical (unpaired) electrons. The summed E-state index contributed by atoms with van der Waals surface area (Å²) in [5.41, 5.74) is 7.69. The van der Waals surface area contributed by atoms with E-state index in [4.69, 9.17) is 0 Å². The molecule has 250 valence electrons. The molecule has 1 aliphatic heterocycles. The summed E-state index contributed by atoms with van der Waals surface area (Å²) in [6, 6.07) is 26.7. The van der Waals surface area contributed by atoms with Gasteiger partial charge in [0.1, 0.15) is 16.5 Å². The van der Waals surface area contributed by atoms with Gasteiger partial charge >= 0.3 is 0 Å². The molecule has 7 nitrogen and oxygen atoms in total. The maximum atomic E-state index is 13.0. The predicted octanol–water partition coefficient (Wildman–Crippen LogP) is 11.8. The van der Waals surface area contributed by atoms with Gasteiger partial charge in [0.2, 0.25) is 5.13 Å². The third-order valence-corrected chi connectivity index (χ3v) is 11.4. The summed E-state index contributed by atoms with van der Waals surface area (Å²) in [6.07, 6.45) is 8.84. The van der Waals surface area contributed by atoms with Crippen LogP contribution in [0.25, 0.3) is 26.7 Å². The van der Waals surface area contributed by atoms with Crippen LogP contribution in [-0.2, 0) is 11.2 Å². The van der Waals surface area contributed by atoms with Crippen LogP contribution < -0.4 is 10.2 Å². The van der Waals surface area contributed by atoms with Crippen molar-refractivity contribution in [2.45, 2.75) is 77.7 Å². The lowest BCUT2D eigenvalue weighted by Gasteiger charge is -2.45. The Bertz CT molecular complexity index is 2020. The average Bonchev–Trinajstić information content (AvgIpc) is 3.66. The lowest BCUT2D eigenvalue weighted by Crippen LogP contribution is -2.45. The van der Waals surface area contributed by atoms with Crippen molar-refractivity contribution in [2.75, 3.05) is 17.3 Å². The van der Waals surface area contributed by atoms with Gasteiger partial charge in [-0.1, -0.05) is 80.8 Å². The Kier molecular flexibility index (Phi) is 10.4. The molecule has 2 aromatic heterocycles. The highest BCUT2D eigenvalue weighted by molar-refractivity contribution is 7.29. The monoisotopic (exact) mass is 686 g/mol. The number of nitrogens with one attached hydrogen (secondary N) is 1. The zero-order valence-electron chi connectivity index (χ0n) is 28.8. The number of unbranched alkanes of at least 4 members (excludes halogenated alkanes) is 3. The fourth-order valence-corrected chi connectivity index (χ4v) is 8.42. The van der Waals surface area contributed by atoms with Crippen LogP contribution in [0.5, 0.6) is 0 Å². The van der Waals surface area contributed by atoms with Gasteiger partial charge in [0.25, 0.3) is 5.91 Å². The Labute approximate surface area is 297 Å². The Morgan fingerprint density at radius 3 is 2.45 bits per heavy atom. The van der Waals surface area contributed by atoms with Crippen molar-refractivity contribution in [3.63, 3.8) is 0 Å². The Hall–Kier alpha value is -4.65. The quantitative estimate of drug-likeness (QED) is 0.0647. The normalized spacial score (nSPS) is 15.8. The Morgan fingerprint density at radius 1 is 1.02 bits per heavy atom. The Morgan fingerprint density at radius 2 is 1.76 bits per heavy atom. The summed E-state index contributed by atoms with van der Waals surface area (Å²) >= 11 is 2.85. The highest BCUT2D eigenvalue weighted by atomic mass is 32.1. The van der Waals surface area contributed by atoms with Crippen LogP contribution in [0.2, 0.25) is 0 Å². The molecule has 1 unspecified atom stereocenters. The Balaban J connectivity index is 1.07. The second kappa shape index (κ2) is 14.9. The second-order valence-corrected chi connectivity index (χ2v) is 15.5. The van der Waals surface area contributed by atoms with E-state index in [1.54, 1.807) is 6.08 Å². The van der Waals surface area contributed by atoms with Crippen molar-refractivity contribution >= 4 is 66.4 Å². The van der Waals surface area contributed by atoms with Crippen molar-refractivity contribution < 1.29 is 4.79 Å². The number of hydrogen-bond donors (Lipinski definition) is 1. The number of carbonyl (C=O) groups excluding carboxylic acids is 1. The molecule has 1 aliphatic rings. The minimum Gasteiger partial charge on any atom is -0.369 e. The molecular formula is C40H42N6OS2. The van der Waals surface area contributed by atoms with Gasteiger partial charge in [-0.25, -0.2) is 4.98 Å². The van der Waals surface area contributed by atoms with Crippen LogP contribution in [0, 0.1) is 11.3 Å². The third kappa shape index (κ3) is 7.98.